The summed E-state index contributed by atoms with van der Waals surface area (Å²) in [6.07, 6.45) is 11.2. The van der Waals surface area contributed by atoms with Crippen molar-refractivity contribution in [1.82, 2.24) is 0 Å². The molecule has 2 heteroatoms. The van der Waals surface area contributed by atoms with Gasteiger partial charge >= 0.3 is 0 Å². The van der Waals surface area contributed by atoms with E-state index in [0.29, 0.717) is 6.42 Å². The minimum Gasteiger partial charge on any atom is -0.369 e. The molecule has 0 bridgehead atoms. The van der Waals surface area contributed by atoms with Crippen molar-refractivity contribution in [3.8, 4) is 0 Å². The molecule has 18 heavy (non-hydrogen) atoms. The molecule has 0 saturated heterocycles. The summed E-state index contributed by atoms with van der Waals surface area (Å²) in [5, 5.41) is 0. The van der Waals surface area contributed by atoms with E-state index in [-0.39, 0.29) is 5.91 Å². The van der Waals surface area contributed by atoms with E-state index < -0.39 is 0 Å². The normalized spacial score (nSPS) is 12.4. The Bertz CT molecular complexity index is 344. The lowest BCUT2D eigenvalue weighted by atomic mass is 10.1. The molecule has 0 aliphatic carbocycles. The van der Waals surface area contributed by atoms with E-state index in [2.05, 4.69) is 39.8 Å². The summed E-state index contributed by atoms with van der Waals surface area (Å²) in [6.45, 7) is 8.49. The van der Waals surface area contributed by atoms with Gasteiger partial charge in [0, 0.05) is 6.42 Å². The Balaban J connectivity index is 3.89. The molecule has 0 fully saturated rings. The van der Waals surface area contributed by atoms with Crippen molar-refractivity contribution >= 4 is 5.91 Å². The highest BCUT2D eigenvalue weighted by Gasteiger charge is 1.93. The average molecular weight is 249 g/mol. The molecular formula is C16H27NO. The standard InChI is InChI=1S/C16H27NO/c1-13(2)7-5-8-14(3)9-6-10-15(4)11-12-16(17)18/h7,9,11H,5-6,8,10,12H2,1-4H3,(H2,17,18). The fraction of sp³-hybridized carbons (Fsp3) is 0.562. The Morgan fingerprint density at radius 3 is 1.89 bits per heavy atom. The van der Waals surface area contributed by atoms with Crippen LogP contribution in [0.2, 0.25) is 0 Å². The van der Waals surface area contributed by atoms with E-state index in [4.69, 9.17) is 5.73 Å². The van der Waals surface area contributed by atoms with Crippen LogP contribution >= 0.6 is 0 Å². The summed E-state index contributed by atoms with van der Waals surface area (Å²) in [5.41, 5.74) is 9.16. The molecule has 0 saturated carbocycles. The first kappa shape index (κ1) is 16.7. The van der Waals surface area contributed by atoms with Gasteiger partial charge in [-0.1, -0.05) is 34.9 Å². The fourth-order valence-electron chi connectivity index (χ4n) is 1.61. The molecule has 0 aliphatic rings. The van der Waals surface area contributed by atoms with E-state index in [1.807, 2.05) is 6.08 Å². The number of carbonyl (C=O) groups is 1. The summed E-state index contributed by atoms with van der Waals surface area (Å²) in [4.78, 5) is 10.6. The number of allylic oxidation sites excluding steroid dienone is 5. The van der Waals surface area contributed by atoms with E-state index in [0.717, 1.165) is 25.7 Å². The molecule has 0 aromatic heterocycles. The van der Waals surface area contributed by atoms with Crippen LogP contribution < -0.4 is 5.73 Å². The van der Waals surface area contributed by atoms with Crippen molar-refractivity contribution in [3.05, 3.63) is 34.9 Å². The molecule has 0 unspecified atom stereocenters. The molecule has 0 atom stereocenters. The largest absolute Gasteiger partial charge is 0.369 e. The zero-order valence-electron chi connectivity index (χ0n) is 12.3. The van der Waals surface area contributed by atoms with E-state index in [1.54, 1.807) is 0 Å². The van der Waals surface area contributed by atoms with Crippen molar-refractivity contribution in [3.63, 3.8) is 0 Å². The second-order valence-corrected chi connectivity index (χ2v) is 5.13. The van der Waals surface area contributed by atoms with Gasteiger partial charge in [-0.2, -0.15) is 0 Å². The first-order valence-corrected chi connectivity index (χ1v) is 6.64. The SMILES string of the molecule is CC(C)=CCCC(C)=CCCC(C)=CCC(N)=O. The van der Waals surface area contributed by atoms with Crippen molar-refractivity contribution in [2.24, 2.45) is 5.73 Å². The molecule has 0 spiro atoms. The van der Waals surface area contributed by atoms with Crippen molar-refractivity contribution in [1.29, 1.82) is 0 Å². The highest BCUT2D eigenvalue weighted by molar-refractivity contribution is 5.75. The van der Waals surface area contributed by atoms with Crippen LogP contribution in [0, 0.1) is 0 Å². The lowest BCUT2D eigenvalue weighted by molar-refractivity contribution is -0.117. The Morgan fingerprint density at radius 2 is 1.39 bits per heavy atom. The lowest BCUT2D eigenvalue weighted by Crippen LogP contribution is -2.08. The van der Waals surface area contributed by atoms with Gasteiger partial charge < -0.3 is 5.73 Å². The Labute approximate surface area is 112 Å². The molecule has 2 N–H and O–H groups in total. The van der Waals surface area contributed by atoms with Gasteiger partial charge in [-0.05, 0) is 53.4 Å². The predicted molar refractivity (Wildman–Crippen MR) is 79.2 cm³/mol. The maximum atomic E-state index is 10.6. The van der Waals surface area contributed by atoms with Crippen molar-refractivity contribution < 1.29 is 4.79 Å². The third-order valence-electron chi connectivity index (χ3n) is 2.77. The molecule has 0 rings (SSSR count). The minimum atomic E-state index is -0.261. The maximum Gasteiger partial charge on any atom is 0.221 e. The van der Waals surface area contributed by atoms with Gasteiger partial charge in [0.15, 0.2) is 0 Å². The zero-order chi connectivity index (χ0) is 14.0. The average Bonchev–Trinajstić information content (AvgIpc) is 2.25. The quantitative estimate of drug-likeness (QED) is 0.641. The number of nitrogens with two attached hydrogens (primary N) is 1. The minimum absolute atomic E-state index is 0.261. The number of amides is 1. The number of primary amides is 1. The number of hydrogen-bond acceptors (Lipinski definition) is 1. The van der Waals surface area contributed by atoms with E-state index in [9.17, 15) is 4.79 Å². The molecule has 0 aliphatic heterocycles. The van der Waals surface area contributed by atoms with Gasteiger partial charge in [0.1, 0.15) is 0 Å². The van der Waals surface area contributed by atoms with E-state index in [1.165, 1.54) is 16.7 Å². The topological polar surface area (TPSA) is 43.1 Å². The monoisotopic (exact) mass is 249 g/mol. The van der Waals surface area contributed by atoms with Crippen LogP contribution in [0.15, 0.2) is 34.9 Å². The van der Waals surface area contributed by atoms with Gasteiger partial charge in [-0.25, -0.2) is 0 Å². The van der Waals surface area contributed by atoms with E-state index >= 15 is 0 Å². The smallest absolute Gasteiger partial charge is 0.221 e. The molecule has 2 nitrogen and oxygen atoms in total. The van der Waals surface area contributed by atoms with Crippen LogP contribution in [0.1, 0.15) is 59.8 Å². The van der Waals surface area contributed by atoms with Crippen LogP contribution in [-0.4, -0.2) is 5.91 Å². The first-order valence-electron chi connectivity index (χ1n) is 6.64. The van der Waals surface area contributed by atoms with Gasteiger partial charge in [0.25, 0.3) is 0 Å². The second-order valence-electron chi connectivity index (χ2n) is 5.13. The number of rotatable bonds is 8. The highest BCUT2D eigenvalue weighted by Crippen LogP contribution is 2.11. The van der Waals surface area contributed by atoms with Gasteiger partial charge in [-0.15, -0.1) is 0 Å². The van der Waals surface area contributed by atoms with Crippen LogP contribution in [0.25, 0.3) is 0 Å². The van der Waals surface area contributed by atoms with Crippen molar-refractivity contribution in [2.45, 2.75) is 59.8 Å². The van der Waals surface area contributed by atoms with Crippen LogP contribution in [0.3, 0.4) is 0 Å². The van der Waals surface area contributed by atoms with Gasteiger partial charge in [0.05, 0.1) is 0 Å². The fourth-order valence-corrected chi connectivity index (χ4v) is 1.61. The molecule has 0 aromatic rings. The van der Waals surface area contributed by atoms with Crippen molar-refractivity contribution in [2.75, 3.05) is 0 Å². The number of hydrogen-bond donors (Lipinski definition) is 1. The summed E-state index contributed by atoms with van der Waals surface area (Å²) in [7, 11) is 0. The molecule has 0 aromatic carbocycles. The summed E-state index contributed by atoms with van der Waals surface area (Å²) in [6, 6.07) is 0. The zero-order valence-corrected chi connectivity index (χ0v) is 12.3. The third kappa shape index (κ3) is 11.2. The second kappa shape index (κ2) is 9.69. The molecule has 0 heterocycles. The van der Waals surface area contributed by atoms with Crippen LogP contribution in [0.4, 0.5) is 0 Å². The maximum absolute atomic E-state index is 10.6. The summed E-state index contributed by atoms with van der Waals surface area (Å²) < 4.78 is 0. The summed E-state index contributed by atoms with van der Waals surface area (Å²) >= 11 is 0. The Morgan fingerprint density at radius 1 is 0.889 bits per heavy atom. The van der Waals surface area contributed by atoms with Gasteiger partial charge in [0.2, 0.25) is 5.91 Å². The van der Waals surface area contributed by atoms with Crippen LogP contribution in [0.5, 0.6) is 0 Å². The predicted octanol–water partition coefficient (Wildman–Crippen LogP) is 4.28. The lowest BCUT2D eigenvalue weighted by Gasteiger charge is -2.01. The highest BCUT2D eigenvalue weighted by atomic mass is 16.1. The first-order chi connectivity index (χ1) is 8.41. The Hall–Kier alpha value is -1.31. The van der Waals surface area contributed by atoms with Gasteiger partial charge in [-0.3, -0.25) is 4.79 Å². The number of carbonyl (C=O) groups excluding carboxylic acids is 1. The molecule has 1 amide bonds. The Kier molecular flexibility index (Phi) is 8.99. The third-order valence-corrected chi connectivity index (χ3v) is 2.77. The van der Waals surface area contributed by atoms with Crippen LogP contribution in [-0.2, 0) is 4.79 Å². The molecular weight excluding hydrogens is 222 g/mol. The summed E-state index contributed by atoms with van der Waals surface area (Å²) in [5.74, 6) is -0.261. The molecule has 102 valence electrons. The molecule has 0 radical (unpaired) electrons.